The van der Waals surface area contributed by atoms with Crippen LogP contribution in [0.2, 0.25) is 0 Å². The standard InChI is InChI=1S/C16H24N2OS/c1-13(2)8-10-19-11-9-17-16-18-12-15(20-16)14-6-4-3-5-7-14/h3-7,13,15H,8-12H2,1-2H3,(H,17,18). The minimum Gasteiger partial charge on any atom is -0.380 e. The first-order valence-corrected chi connectivity index (χ1v) is 8.21. The van der Waals surface area contributed by atoms with Crippen LogP contribution >= 0.6 is 11.8 Å². The summed E-state index contributed by atoms with van der Waals surface area (Å²) in [6.45, 7) is 7.75. The Kier molecular flexibility index (Phi) is 6.40. The predicted molar refractivity (Wildman–Crippen MR) is 87.4 cm³/mol. The van der Waals surface area contributed by atoms with Gasteiger partial charge < -0.3 is 10.1 Å². The van der Waals surface area contributed by atoms with Gasteiger partial charge in [0.05, 0.1) is 18.4 Å². The van der Waals surface area contributed by atoms with Gasteiger partial charge in [-0.3, -0.25) is 4.99 Å². The van der Waals surface area contributed by atoms with Crippen molar-refractivity contribution in [2.24, 2.45) is 10.9 Å². The lowest BCUT2D eigenvalue weighted by atomic mass is 10.1. The molecule has 110 valence electrons. The average molecular weight is 292 g/mol. The highest BCUT2D eigenvalue weighted by molar-refractivity contribution is 8.14. The van der Waals surface area contributed by atoms with Gasteiger partial charge in [-0.15, -0.1) is 0 Å². The Balaban J connectivity index is 1.59. The fourth-order valence-electron chi connectivity index (χ4n) is 1.97. The van der Waals surface area contributed by atoms with Crippen molar-refractivity contribution in [2.45, 2.75) is 25.5 Å². The molecule has 4 heteroatoms. The third-order valence-corrected chi connectivity index (χ3v) is 4.39. The Bertz CT molecular complexity index is 420. The third-order valence-electron chi connectivity index (χ3n) is 3.19. The molecule has 0 saturated heterocycles. The van der Waals surface area contributed by atoms with Gasteiger partial charge in [0.15, 0.2) is 5.17 Å². The molecule has 0 amide bonds. The van der Waals surface area contributed by atoms with E-state index in [4.69, 9.17) is 4.74 Å². The van der Waals surface area contributed by atoms with Crippen molar-refractivity contribution < 1.29 is 4.74 Å². The van der Waals surface area contributed by atoms with E-state index in [0.717, 1.165) is 37.9 Å². The second-order valence-electron chi connectivity index (χ2n) is 5.38. The maximum atomic E-state index is 5.59. The van der Waals surface area contributed by atoms with Gasteiger partial charge in [0.2, 0.25) is 0 Å². The first kappa shape index (κ1) is 15.4. The van der Waals surface area contributed by atoms with Crippen molar-refractivity contribution in [3.63, 3.8) is 0 Å². The Hall–Kier alpha value is -1.00. The molecule has 20 heavy (non-hydrogen) atoms. The quantitative estimate of drug-likeness (QED) is 0.781. The molecule has 3 nitrogen and oxygen atoms in total. The molecular formula is C16H24N2OS. The largest absolute Gasteiger partial charge is 0.380 e. The number of benzene rings is 1. The van der Waals surface area contributed by atoms with E-state index < -0.39 is 0 Å². The van der Waals surface area contributed by atoms with Gasteiger partial charge in [0.25, 0.3) is 0 Å². The maximum absolute atomic E-state index is 5.59. The van der Waals surface area contributed by atoms with Crippen LogP contribution in [-0.4, -0.2) is 31.5 Å². The van der Waals surface area contributed by atoms with E-state index >= 15 is 0 Å². The molecule has 1 N–H and O–H groups in total. The normalized spacial score (nSPS) is 18.4. The summed E-state index contributed by atoms with van der Waals surface area (Å²) in [6, 6.07) is 10.6. The molecule has 2 rings (SSSR count). The number of nitrogens with one attached hydrogen (secondary N) is 1. The minimum absolute atomic E-state index is 0.459. The van der Waals surface area contributed by atoms with Crippen LogP contribution in [0.3, 0.4) is 0 Å². The Morgan fingerprint density at radius 1 is 1.30 bits per heavy atom. The molecule has 1 aliphatic heterocycles. The molecule has 0 bridgehead atoms. The van der Waals surface area contributed by atoms with E-state index in [9.17, 15) is 0 Å². The molecular weight excluding hydrogens is 268 g/mol. The van der Waals surface area contributed by atoms with Crippen LogP contribution in [0, 0.1) is 5.92 Å². The third kappa shape index (κ3) is 5.17. The van der Waals surface area contributed by atoms with Crippen LogP contribution in [0.5, 0.6) is 0 Å². The molecule has 0 aliphatic carbocycles. The number of ether oxygens (including phenoxy) is 1. The topological polar surface area (TPSA) is 33.6 Å². The van der Waals surface area contributed by atoms with Crippen LogP contribution in [0.4, 0.5) is 0 Å². The molecule has 0 spiro atoms. The number of amidine groups is 1. The summed E-state index contributed by atoms with van der Waals surface area (Å²) >= 11 is 1.82. The highest BCUT2D eigenvalue weighted by Crippen LogP contribution is 2.33. The van der Waals surface area contributed by atoms with Crippen LogP contribution in [0.15, 0.2) is 35.3 Å². The second kappa shape index (κ2) is 8.32. The van der Waals surface area contributed by atoms with E-state index in [1.54, 1.807) is 0 Å². The maximum Gasteiger partial charge on any atom is 0.157 e. The van der Waals surface area contributed by atoms with Crippen molar-refractivity contribution in [1.29, 1.82) is 0 Å². The van der Waals surface area contributed by atoms with E-state index in [-0.39, 0.29) is 0 Å². The summed E-state index contributed by atoms with van der Waals surface area (Å²) in [6.07, 6.45) is 1.13. The Labute approximate surface area is 126 Å². The number of nitrogens with zero attached hydrogens (tertiary/aromatic N) is 1. The van der Waals surface area contributed by atoms with Gasteiger partial charge in [-0.25, -0.2) is 0 Å². The molecule has 0 aromatic heterocycles. The summed E-state index contributed by atoms with van der Waals surface area (Å²) in [5.74, 6) is 0.712. The molecule has 0 fully saturated rings. The number of hydrogen-bond acceptors (Lipinski definition) is 4. The Morgan fingerprint density at radius 3 is 2.85 bits per heavy atom. The van der Waals surface area contributed by atoms with Crippen LogP contribution < -0.4 is 5.32 Å². The average Bonchev–Trinajstić information content (AvgIpc) is 2.92. The van der Waals surface area contributed by atoms with Gasteiger partial charge in [0, 0.05) is 13.2 Å². The number of hydrogen-bond donors (Lipinski definition) is 1. The lowest BCUT2D eigenvalue weighted by molar-refractivity contribution is 0.128. The highest BCUT2D eigenvalue weighted by atomic mass is 32.2. The lowest BCUT2D eigenvalue weighted by Gasteiger charge is -2.10. The van der Waals surface area contributed by atoms with Crippen LogP contribution in [0.25, 0.3) is 0 Å². The van der Waals surface area contributed by atoms with E-state index in [0.29, 0.717) is 11.2 Å². The number of aliphatic imine (C=N–C) groups is 1. The van der Waals surface area contributed by atoms with E-state index in [2.05, 4.69) is 54.5 Å². The zero-order valence-corrected chi connectivity index (χ0v) is 13.2. The molecule has 1 heterocycles. The number of thioether (sulfide) groups is 1. The fourth-order valence-corrected chi connectivity index (χ4v) is 3.01. The van der Waals surface area contributed by atoms with Crippen LogP contribution in [0.1, 0.15) is 31.1 Å². The molecule has 0 radical (unpaired) electrons. The SMILES string of the molecule is CC(C)CCOCCNC1=NCC(c2ccccc2)S1. The van der Waals surface area contributed by atoms with Crippen molar-refractivity contribution in [3.05, 3.63) is 35.9 Å². The predicted octanol–water partition coefficient (Wildman–Crippen LogP) is 3.48. The van der Waals surface area contributed by atoms with Gasteiger partial charge in [-0.1, -0.05) is 55.9 Å². The highest BCUT2D eigenvalue weighted by Gasteiger charge is 2.20. The van der Waals surface area contributed by atoms with E-state index in [1.807, 2.05) is 11.8 Å². The van der Waals surface area contributed by atoms with Gasteiger partial charge >= 0.3 is 0 Å². The molecule has 1 aromatic carbocycles. The smallest absolute Gasteiger partial charge is 0.157 e. The lowest BCUT2D eigenvalue weighted by Crippen LogP contribution is -2.24. The van der Waals surface area contributed by atoms with E-state index in [1.165, 1.54) is 5.56 Å². The molecule has 1 aliphatic rings. The first-order chi connectivity index (χ1) is 9.75. The molecule has 1 atom stereocenters. The van der Waals surface area contributed by atoms with Crippen molar-refractivity contribution in [1.82, 2.24) is 5.32 Å². The summed E-state index contributed by atoms with van der Waals surface area (Å²) in [5, 5.41) is 4.86. The summed E-state index contributed by atoms with van der Waals surface area (Å²) < 4.78 is 5.59. The molecule has 0 saturated carbocycles. The van der Waals surface area contributed by atoms with Crippen LogP contribution in [-0.2, 0) is 4.74 Å². The number of rotatable bonds is 7. The summed E-state index contributed by atoms with van der Waals surface area (Å²) in [4.78, 5) is 4.55. The van der Waals surface area contributed by atoms with Crippen molar-refractivity contribution in [3.8, 4) is 0 Å². The van der Waals surface area contributed by atoms with Crippen molar-refractivity contribution >= 4 is 16.9 Å². The summed E-state index contributed by atoms with van der Waals surface area (Å²) in [5.41, 5.74) is 1.35. The summed E-state index contributed by atoms with van der Waals surface area (Å²) in [7, 11) is 0. The minimum atomic E-state index is 0.459. The van der Waals surface area contributed by atoms with Gasteiger partial charge in [-0.05, 0) is 17.9 Å². The zero-order valence-electron chi connectivity index (χ0n) is 12.3. The zero-order chi connectivity index (χ0) is 14.2. The monoisotopic (exact) mass is 292 g/mol. The Morgan fingerprint density at radius 2 is 2.10 bits per heavy atom. The van der Waals surface area contributed by atoms with Crippen molar-refractivity contribution in [2.75, 3.05) is 26.3 Å². The van der Waals surface area contributed by atoms with Gasteiger partial charge in [-0.2, -0.15) is 0 Å². The second-order valence-corrected chi connectivity index (χ2v) is 6.58. The van der Waals surface area contributed by atoms with Gasteiger partial charge in [0.1, 0.15) is 0 Å². The first-order valence-electron chi connectivity index (χ1n) is 7.33. The molecule has 1 aromatic rings. The molecule has 1 unspecified atom stereocenters. The fraction of sp³-hybridized carbons (Fsp3) is 0.562.